The lowest BCUT2D eigenvalue weighted by Gasteiger charge is -2.14. The number of aromatic nitrogens is 6. The summed E-state index contributed by atoms with van der Waals surface area (Å²) in [7, 11) is 3.11. The molecular weight excluding hydrogens is 746 g/mol. The monoisotopic (exact) mass is 786 g/mol. The fourth-order valence-electron chi connectivity index (χ4n) is 4.71. The number of methoxy groups -OCH3 is 2. The Morgan fingerprint density at radius 2 is 1.16 bits per heavy atom. The highest BCUT2D eigenvalue weighted by Gasteiger charge is 2.10. The summed E-state index contributed by atoms with van der Waals surface area (Å²) in [6.07, 6.45) is 11.4. The van der Waals surface area contributed by atoms with Crippen LogP contribution in [-0.2, 0) is 0 Å². The van der Waals surface area contributed by atoms with Crippen LogP contribution in [0.4, 0.5) is 29.2 Å². The molecule has 1 aliphatic rings. The van der Waals surface area contributed by atoms with Crippen molar-refractivity contribution in [2.75, 3.05) is 30.2 Å². The second-order valence-corrected chi connectivity index (χ2v) is 13.2. The van der Waals surface area contributed by atoms with E-state index >= 15 is 0 Å². The second kappa shape index (κ2) is 21.9. The van der Waals surface area contributed by atoms with E-state index < -0.39 is 0 Å². The topological polar surface area (TPSA) is 158 Å². The zero-order valence-corrected chi connectivity index (χ0v) is 32.2. The average molecular weight is 789 g/mol. The Hall–Kier alpha value is -3.13. The quantitative estimate of drug-likeness (QED) is 0.107. The molecule has 2 aromatic heterocycles. The minimum absolute atomic E-state index is 0.0112. The van der Waals surface area contributed by atoms with Crippen LogP contribution in [0, 0.1) is 0 Å². The molecule has 1 aliphatic carbocycles. The fraction of sp³-hybridized carbons (Fsp3) is 0.455. The predicted molar refractivity (Wildman–Crippen MR) is 206 cm³/mol. The SMILES string of the molecule is CCCCC(C)Nc1nc(Cl)nc(Nc2ccc(OC)c(Cl)c2)n1.COc1ccc(Nc2nc(Cl)nc(Cl)n2)cc1Cl.NC1CCCCCC1. The summed E-state index contributed by atoms with van der Waals surface area (Å²) >= 11 is 29.4. The van der Waals surface area contributed by atoms with E-state index in [-0.39, 0.29) is 27.8 Å². The maximum atomic E-state index is 6.12. The molecule has 2 aromatic carbocycles. The molecule has 50 heavy (non-hydrogen) atoms. The van der Waals surface area contributed by atoms with Gasteiger partial charge in [0.1, 0.15) is 11.5 Å². The lowest BCUT2D eigenvalue weighted by molar-refractivity contribution is 0.415. The zero-order chi connectivity index (χ0) is 36.5. The standard InChI is InChI=1S/C16H21Cl2N5O.C10H7Cl3N4O.C7H15N/c1-4-5-6-10(2)19-15-21-14(18)22-16(23-15)20-11-7-8-13(24-3)12(17)9-11;1-18-7-3-2-5(4-6(7)11)14-10-16-8(12)15-9(13)17-10;8-7-5-3-1-2-4-6-7/h7-10H,4-6H2,1-3H3,(H2,19,20,21,22,23);2-4H,1H3,(H,14,15,16,17);7H,1-6,8H2. The molecule has 0 saturated heterocycles. The Labute approximate surface area is 318 Å². The third kappa shape index (κ3) is 15.0. The van der Waals surface area contributed by atoms with Crippen molar-refractivity contribution in [1.29, 1.82) is 0 Å². The minimum atomic E-state index is 0.0112. The Morgan fingerprint density at radius 1 is 0.700 bits per heavy atom. The van der Waals surface area contributed by atoms with Crippen LogP contribution in [0.25, 0.3) is 0 Å². The lowest BCUT2D eigenvalue weighted by Crippen LogP contribution is -2.17. The van der Waals surface area contributed by atoms with E-state index in [1.165, 1.54) is 38.5 Å². The van der Waals surface area contributed by atoms with Gasteiger partial charge in [0.25, 0.3) is 0 Å². The van der Waals surface area contributed by atoms with Crippen molar-refractivity contribution in [3.63, 3.8) is 0 Å². The largest absolute Gasteiger partial charge is 0.495 e. The molecule has 1 saturated carbocycles. The normalized spacial score (nSPS) is 13.4. The van der Waals surface area contributed by atoms with Crippen LogP contribution >= 0.6 is 58.0 Å². The number of anilines is 5. The third-order valence-corrected chi connectivity index (χ3v) is 8.37. The molecule has 1 fully saturated rings. The van der Waals surface area contributed by atoms with Gasteiger partial charge in [-0.2, -0.15) is 29.9 Å². The van der Waals surface area contributed by atoms with Crippen molar-refractivity contribution in [2.24, 2.45) is 5.73 Å². The van der Waals surface area contributed by atoms with Crippen molar-refractivity contribution in [3.8, 4) is 11.5 Å². The Balaban J connectivity index is 0.000000227. The van der Waals surface area contributed by atoms with Crippen molar-refractivity contribution in [1.82, 2.24) is 29.9 Å². The molecule has 0 spiro atoms. The van der Waals surface area contributed by atoms with Gasteiger partial charge in [-0.15, -0.1) is 0 Å². The van der Waals surface area contributed by atoms with E-state index in [4.69, 9.17) is 73.2 Å². The number of rotatable bonds is 11. The number of nitrogens with two attached hydrogens (primary N) is 1. The van der Waals surface area contributed by atoms with E-state index in [1.807, 2.05) is 6.07 Å². The first kappa shape index (κ1) is 41.3. The maximum Gasteiger partial charge on any atom is 0.233 e. The summed E-state index contributed by atoms with van der Waals surface area (Å²) in [6.45, 7) is 4.25. The summed E-state index contributed by atoms with van der Waals surface area (Å²) in [5.74, 6) is 2.21. The number of hydrogen-bond donors (Lipinski definition) is 4. The van der Waals surface area contributed by atoms with Gasteiger partial charge in [0.15, 0.2) is 0 Å². The molecule has 0 amide bonds. The molecule has 0 aliphatic heterocycles. The van der Waals surface area contributed by atoms with Crippen molar-refractivity contribution < 1.29 is 9.47 Å². The number of nitrogens with zero attached hydrogens (tertiary/aromatic N) is 6. The number of halogens is 5. The zero-order valence-electron chi connectivity index (χ0n) is 28.4. The van der Waals surface area contributed by atoms with Gasteiger partial charge >= 0.3 is 0 Å². The van der Waals surface area contributed by atoms with Crippen LogP contribution in [0.5, 0.6) is 11.5 Å². The molecule has 1 unspecified atom stereocenters. The van der Waals surface area contributed by atoms with Crippen LogP contribution in [0.15, 0.2) is 36.4 Å². The molecule has 272 valence electrons. The summed E-state index contributed by atoms with van der Waals surface area (Å²) < 4.78 is 10.2. The van der Waals surface area contributed by atoms with E-state index in [0.29, 0.717) is 45.2 Å². The van der Waals surface area contributed by atoms with Crippen molar-refractivity contribution in [3.05, 3.63) is 62.3 Å². The van der Waals surface area contributed by atoms with Gasteiger partial charge in [0.05, 0.1) is 24.3 Å². The molecule has 12 nitrogen and oxygen atoms in total. The van der Waals surface area contributed by atoms with Gasteiger partial charge in [-0.3, -0.25) is 0 Å². The number of nitrogens with one attached hydrogen (secondary N) is 3. The first-order valence-corrected chi connectivity index (χ1v) is 18.1. The van der Waals surface area contributed by atoms with E-state index in [0.717, 1.165) is 24.9 Å². The number of benzene rings is 2. The van der Waals surface area contributed by atoms with Gasteiger partial charge in [-0.25, -0.2) is 0 Å². The number of ether oxygens (including phenoxy) is 2. The van der Waals surface area contributed by atoms with Gasteiger partial charge < -0.3 is 31.2 Å². The highest BCUT2D eigenvalue weighted by atomic mass is 35.5. The number of hydrogen-bond acceptors (Lipinski definition) is 12. The Morgan fingerprint density at radius 3 is 1.62 bits per heavy atom. The summed E-state index contributed by atoms with van der Waals surface area (Å²) in [5.41, 5.74) is 7.14. The maximum absolute atomic E-state index is 6.12. The molecule has 1 atom stereocenters. The molecule has 17 heteroatoms. The van der Waals surface area contributed by atoms with Crippen LogP contribution in [0.3, 0.4) is 0 Å². The van der Waals surface area contributed by atoms with Gasteiger partial charge in [0, 0.05) is 23.5 Å². The van der Waals surface area contributed by atoms with Crippen LogP contribution in [-0.4, -0.2) is 56.2 Å². The first-order valence-electron chi connectivity index (χ1n) is 16.2. The predicted octanol–water partition coefficient (Wildman–Crippen LogP) is 10.2. The molecular formula is C33H43Cl5N10O2. The molecule has 5 rings (SSSR count). The molecule has 0 bridgehead atoms. The first-order chi connectivity index (χ1) is 24.0. The van der Waals surface area contributed by atoms with Gasteiger partial charge in [-0.05, 0) is 97.4 Å². The summed E-state index contributed by atoms with van der Waals surface area (Å²) in [5, 5.41) is 10.3. The molecule has 2 heterocycles. The minimum Gasteiger partial charge on any atom is -0.495 e. The molecule has 0 radical (unpaired) electrons. The third-order valence-electron chi connectivity index (χ3n) is 7.27. The number of unbranched alkanes of at least 4 members (excludes halogenated alkanes) is 1. The van der Waals surface area contributed by atoms with Crippen LogP contribution < -0.4 is 31.2 Å². The van der Waals surface area contributed by atoms with Crippen LogP contribution in [0.2, 0.25) is 25.9 Å². The van der Waals surface area contributed by atoms with Crippen LogP contribution in [0.1, 0.15) is 71.6 Å². The van der Waals surface area contributed by atoms with Gasteiger partial charge in [-0.1, -0.05) is 68.7 Å². The summed E-state index contributed by atoms with van der Waals surface area (Å²) in [6, 6.07) is 11.2. The van der Waals surface area contributed by atoms with E-state index in [1.54, 1.807) is 44.6 Å². The van der Waals surface area contributed by atoms with E-state index in [2.05, 4.69) is 59.7 Å². The van der Waals surface area contributed by atoms with E-state index in [9.17, 15) is 0 Å². The Kier molecular flexibility index (Phi) is 18.1. The lowest BCUT2D eigenvalue weighted by atomic mass is 10.1. The fourth-order valence-corrected chi connectivity index (χ4v) is 5.75. The molecule has 4 aromatic rings. The summed E-state index contributed by atoms with van der Waals surface area (Å²) in [4.78, 5) is 23.9. The highest BCUT2D eigenvalue weighted by Crippen LogP contribution is 2.29. The Bertz CT molecular complexity index is 1610. The average Bonchev–Trinajstić information content (AvgIpc) is 3.31. The van der Waals surface area contributed by atoms with Gasteiger partial charge in [0.2, 0.25) is 33.7 Å². The van der Waals surface area contributed by atoms with Crippen molar-refractivity contribution in [2.45, 2.75) is 83.7 Å². The second-order valence-electron chi connectivity index (χ2n) is 11.3. The van der Waals surface area contributed by atoms with Crippen molar-refractivity contribution >= 4 is 87.2 Å². The smallest absolute Gasteiger partial charge is 0.233 e. The highest BCUT2D eigenvalue weighted by molar-refractivity contribution is 6.33. The molecule has 5 N–H and O–H groups in total.